The van der Waals surface area contributed by atoms with Gasteiger partial charge in [-0.25, -0.2) is 0 Å². The van der Waals surface area contributed by atoms with Gasteiger partial charge in [0, 0.05) is 17.7 Å². The Hall–Kier alpha value is -2.77. The van der Waals surface area contributed by atoms with Gasteiger partial charge in [-0.15, -0.1) is 0 Å². The first-order valence-electron chi connectivity index (χ1n) is 6.48. The Balaban J connectivity index is 1.82. The second-order valence-electron chi connectivity index (χ2n) is 5.08. The summed E-state index contributed by atoms with van der Waals surface area (Å²) in [5.41, 5.74) is 3.11. The molecule has 1 aromatic carbocycles. The fourth-order valence-corrected chi connectivity index (χ4v) is 2.67. The molecular weight excluding hydrogens is 276 g/mol. The highest BCUT2D eigenvalue weighted by Crippen LogP contribution is 2.40. The molecule has 2 aliphatic carbocycles. The van der Waals surface area contributed by atoms with E-state index in [1.807, 2.05) is 0 Å². The Morgan fingerprint density at radius 2 is 2.05 bits per heavy atom. The minimum Gasteiger partial charge on any atom is -0.272 e. The van der Waals surface area contributed by atoms with Crippen LogP contribution in [-0.2, 0) is 0 Å². The van der Waals surface area contributed by atoms with Crippen LogP contribution in [0.3, 0.4) is 0 Å². The molecule has 1 N–H and O–H groups in total. The molecule has 108 valence electrons. The average molecular weight is 288 g/mol. The maximum absolute atomic E-state index is 11.0. The Morgan fingerprint density at radius 3 is 2.71 bits per heavy atom. The van der Waals surface area contributed by atoms with Crippen LogP contribution in [0.25, 0.3) is 0 Å². The third-order valence-electron chi connectivity index (χ3n) is 3.86. The fraction of sp³-hybridized carbons (Fsp3) is 0.308. The van der Waals surface area contributed by atoms with Crippen LogP contribution in [0.2, 0.25) is 0 Å². The van der Waals surface area contributed by atoms with E-state index in [0.717, 1.165) is 24.6 Å². The number of nitrogens with zero attached hydrogens (tertiary/aromatic N) is 3. The largest absolute Gasteiger partial charge is 0.301 e. The molecule has 0 spiro atoms. The molecule has 0 saturated heterocycles. The number of nitrogens with one attached hydrogen (secondary N) is 1. The fourth-order valence-electron chi connectivity index (χ4n) is 2.67. The number of non-ortho nitro benzene ring substituents is 1. The van der Waals surface area contributed by atoms with Crippen molar-refractivity contribution in [2.24, 2.45) is 16.9 Å². The normalized spacial score (nSPS) is 24.5. The lowest BCUT2D eigenvalue weighted by Gasteiger charge is -2.31. The van der Waals surface area contributed by atoms with E-state index in [1.165, 1.54) is 12.1 Å². The molecule has 0 aromatic heterocycles. The highest BCUT2D eigenvalue weighted by molar-refractivity contribution is 5.95. The summed E-state index contributed by atoms with van der Waals surface area (Å²) in [6.45, 7) is 0. The van der Waals surface area contributed by atoms with Crippen LogP contribution in [0.15, 0.2) is 35.5 Å². The van der Waals surface area contributed by atoms with Crippen LogP contribution < -0.4 is 5.43 Å². The van der Waals surface area contributed by atoms with Crippen LogP contribution in [0.4, 0.5) is 17.1 Å². The third kappa shape index (κ3) is 2.35. The van der Waals surface area contributed by atoms with E-state index in [4.69, 9.17) is 0 Å². The molecule has 0 radical (unpaired) electrons. The zero-order valence-corrected chi connectivity index (χ0v) is 10.9. The van der Waals surface area contributed by atoms with Crippen LogP contribution in [-0.4, -0.2) is 15.6 Å². The zero-order valence-electron chi connectivity index (χ0n) is 10.9. The molecule has 21 heavy (non-hydrogen) atoms. The first kappa shape index (κ1) is 13.2. The molecule has 0 bridgehead atoms. The minimum atomic E-state index is -0.664. The number of fused-ring (bicyclic) bond motifs is 1. The average Bonchev–Trinajstić information content (AvgIpc) is 2.80. The lowest BCUT2D eigenvalue weighted by atomic mass is 9.74. The van der Waals surface area contributed by atoms with Gasteiger partial charge in [0.15, 0.2) is 0 Å². The lowest BCUT2D eigenvalue weighted by Crippen LogP contribution is -2.33. The van der Waals surface area contributed by atoms with Gasteiger partial charge >= 0.3 is 5.69 Å². The summed E-state index contributed by atoms with van der Waals surface area (Å²) in [7, 11) is 0. The Labute approximate surface area is 119 Å². The van der Waals surface area contributed by atoms with Crippen molar-refractivity contribution < 1.29 is 9.85 Å². The highest BCUT2D eigenvalue weighted by Gasteiger charge is 2.37. The summed E-state index contributed by atoms with van der Waals surface area (Å²) in [4.78, 5) is 20.3. The second kappa shape index (κ2) is 4.97. The molecular formula is C13H12N4O4. The number of allylic oxidation sites excluding steroid dienone is 2. The molecule has 2 atom stereocenters. The Morgan fingerprint density at radius 1 is 1.24 bits per heavy atom. The molecule has 0 aliphatic heterocycles. The number of rotatable bonds is 4. The zero-order chi connectivity index (χ0) is 15.0. The van der Waals surface area contributed by atoms with E-state index in [1.54, 1.807) is 0 Å². The summed E-state index contributed by atoms with van der Waals surface area (Å²) in [5, 5.41) is 25.9. The summed E-state index contributed by atoms with van der Waals surface area (Å²) in [5.74, 6) is 0.937. The number of nitro groups is 2. The highest BCUT2D eigenvalue weighted by atomic mass is 16.6. The predicted molar refractivity (Wildman–Crippen MR) is 76.2 cm³/mol. The van der Waals surface area contributed by atoms with Crippen LogP contribution in [0.5, 0.6) is 0 Å². The van der Waals surface area contributed by atoms with Crippen molar-refractivity contribution in [2.45, 2.75) is 12.8 Å². The maximum Gasteiger partial charge on any atom is 0.301 e. The number of benzene rings is 1. The van der Waals surface area contributed by atoms with Crippen molar-refractivity contribution in [3.8, 4) is 0 Å². The molecule has 2 unspecified atom stereocenters. The smallest absolute Gasteiger partial charge is 0.272 e. The number of hydrogen-bond acceptors (Lipinski definition) is 6. The Bertz CT molecular complexity index is 683. The minimum absolute atomic E-state index is 0.156. The van der Waals surface area contributed by atoms with Gasteiger partial charge in [-0.05, 0) is 24.8 Å². The maximum atomic E-state index is 11.0. The molecule has 0 amide bonds. The van der Waals surface area contributed by atoms with E-state index >= 15 is 0 Å². The first-order chi connectivity index (χ1) is 10.1. The predicted octanol–water partition coefficient (Wildman–Crippen LogP) is 2.87. The summed E-state index contributed by atoms with van der Waals surface area (Å²) < 4.78 is 0. The van der Waals surface area contributed by atoms with Gasteiger partial charge in [0.1, 0.15) is 5.69 Å². The first-order valence-corrected chi connectivity index (χ1v) is 6.48. The third-order valence-corrected chi connectivity index (χ3v) is 3.86. The van der Waals surface area contributed by atoms with Gasteiger partial charge in [0.25, 0.3) is 5.69 Å². The van der Waals surface area contributed by atoms with Gasteiger partial charge in [0.2, 0.25) is 0 Å². The van der Waals surface area contributed by atoms with Crippen LogP contribution >= 0.6 is 0 Å². The monoisotopic (exact) mass is 288 g/mol. The van der Waals surface area contributed by atoms with Crippen molar-refractivity contribution in [2.75, 3.05) is 5.43 Å². The number of hydrazone groups is 1. The summed E-state index contributed by atoms with van der Waals surface area (Å²) in [6, 6.07) is 3.46. The molecule has 1 aromatic rings. The SMILES string of the molecule is O=[N+]([O-])c1ccc(N/N=C2/CC3CC=CC23)c([N+](=O)[O-])c1. The molecule has 8 nitrogen and oxygen atoms in total. The number of anilines is 1. The molecule has 0 heterocycles. The Kier molecular flexibility index (Phi) is 3.13. The van der Waals surface area contributed by atoms with E-state index in [2.05, 4.69) is 22.7 Å². The molecule has 2 aliphatic rings. The second-order valence-corrected chi connectivity index (χ2v) is 5.08. The molecule has 1 fully saturated rings. The van der Waals surface area contributed by atoms with Gasteiger partial charge in [0.05, 0.1) is 15.9 Å². The van der Waals surface area contributed by atoms with E-state index in [9.17, 15) is 20.2 Å². The van der Waals surface area contributed by atoms with Gasteiger partial charge in [-0.3, -0.25) is 25.7 Å². The van der Waals surface area contributed by atoms with Crippen molar-refractivity contribution in [3.63, 3.8) is 0 Å². The van der Waals surface area contributed by atoms with E-state index in [-0.39, 0.29) is 17.1 Å². The quantitative estimate of drug-likeness (QED) is 0.520. The summed E-state index contributed by atoms with van der Waals surface area (Å²) in [6.07, 6.45) is 6.15. The number of nitro benzene ring substituents is 2. The van der Waals surface area contributed by atoms with Crippen LogP contribution in [0, 0.1) is 32.1 Å². The van der Waals surface area contributed by atoms with Gasteiger partial charge in [-0.1, -0.05) is 12.2 Å². The molecule has 1 saturated carbocycles. The summed E-state index contributed by atoms with van der Waals surface area (Å²) >= 11 is 0. The van der Waals surface area contributed by atoms with E-state index < -0.39 is 9.85 Å². The topological polar surface area (TPSA) is 111 Å². The standard InChI is InChI=1S/C13H12N4O4/c18-16(19)9-4-5-11(13(7-9)17(20)21)14-15-12-6-8-2-1-3-10(8)12/h1,3-5,7-8,10,14H,2,6H2/b15-12-. The van der Waals surface area contributed by atoms with Crippen LogP contribution in [0.1, 0.15) is 12.8 Å². The van der Waals surface area contributed by atoms with Crippen molar-refractivity contribution in [3.05, 3.63) is 50.6 Å². The molecule has 3 rings (SSSR count). The van der Waals surface area contributed by atoms with Gasteiger partial charge in [-0.2, -0.15) is 5.10 Å². The van der Waals surface area contributed by atoms with E-state index in [0.29, 0.717) is 11.8 Å². The van der Waals surface area contributed by atoms with Gasteiger partial charge < -0.3 is 0 Å². The molecule has 8 heteroatoms. The van der Waals surface area contributed by atoms with Crippen molar-refractivity contribution in [1.82, 2.24) is 0 Å². The van der Waals surface area contributed by atoms with Crippen molar-refractivity contribution in [1.29, 1.82) is 0 Å². The lowest BCUT2D eigenvalue weighted by molar-refractivity contribution is -0.393. The van der Waals surface area contributed by atoms with Crippen molar-refractivity contribution >= 4 is 22.8 Å². The number of hydrogen-bond donors (Lipinski definition) is 1.